The Morgan fingerprint density at radius 1 is 1.07 bits per heavy atom. The summed E-state index contributed by atoms with van der Waals surface area (Å²) < 4.78 is 4.93. The van der Waals surface area contributed by atoms with Crippen molar-refractivity contribution in [1.29, 1.82) is 0 Å². The highest BCUT2D eigenvalue weighted by Gasteiger charge is 2.38. The Hall–Kier alpha value is -1.14. The predicted molar refractivity (Wildman–Crippen MR) is 119 cm³/mol. The molecule has 3 unspecified atom stereocenters. The van der Waals surface area contributed by atoms with Crippen molar-refractivity contribution in [3.8, 4) is 0 Å². The highest BCUT2D eigenvalue weighted by atomic mass is 16.5. The quantitative estimate of drug-likeness (QED) is 0.266. The molecular weight excluding hydrogens is 382 g/mol. The van der Waals surface area contributed by atoms with Gasteiger partial charge in [-0.1, -0.05) is 58.3 Å². The van der Waals surface area contributed by atoms with Gasteiger partial charge in [-0.25, -0.2) is 0 Å². The predicted octanol–water partition coefficient (Wildman–Crippen LogP) is 4.35. The van der Waals surface area contributed by atoms with E-state index >= 15 is 0 Å². The van der Waals surface area contributed by atoms with Crippen molar-refractivity contribution < 1.29 is 24.5 Å². The molecule has 1 fully saturated rings. The maximum Gasteiger partial charge on any atom is 0.305 e. The molecule has 1 amide bonds. The van der Waals surface area contributed by atoms with Crippen LogP contribution in [0.5, 0.6) is 0 Å². The zero-order chi connectivity index (χ0) is 22.4. The van der Waals surface area contributed by atoms with Gasteiger partial charge in [0.2, 0.25) is 5.91 Å². The zero-order valence-corrected chi connectivity index (χ0v) is 19.5. The van der Waals surface area contributed by atoms with E-state index in [0.29, 0.717) is 26.0 Å². The normalized spacial score (nSPS) is 21.1. The fraction of sp³-hybridized carbons (Fsp3) is 0.917. The lowest BCUT2D eigenvalue weighted by Crippen LogP contribution is -2.40. The van der Waals surface area contributed by atoms with E-state index in [1.807, 2.05) is 13.8 Å². The third-order valence-corrected chi connectivity index (χ3v) is 6.19. The number of hydrogen-bond donors (Lipinski definition) is 2. The van der Waals surface area contributed by atoms with Gasteiger partial charge in [-0.05, 0) is 39.5 Å². The number of ether oxygens (including phenoxy) is 1. The monoisotopic (exact) mass is 427 g/mol. The van der Waals surface area contributed by atoms with Crippen LogP contribution in [0.2, 0.25) is 0 Å². The Morgan fingerprint density at radius 2 is 1.73 bits per heavy atom. The van der Waals surface area contributed by atoms with Gasteiger partial charge in [0.05, 0.1) is 30.8 Å². The zero-order valence-electron chi connectivity index (χ0n) is 19.5. The highest BCUT2D eigenvalue weighted by molar-refractivity contribution is 5.79. The smallest absolute Gasteiger partial charge is 0.305 e. The number of esters is 1. The Balaban J connectivity index is 2.32. The summed E-state index contributed by atoms with van der Waals surface area (Å²) in [5, 5.41) is 21.0. The molecule has 3 atom stereocenters. The molecule has 6 nitrogen and oxygen atoms in total. The molecule has 0 aliphatic carbocycles. The van der Waals surface area contributed by atoms with Crippen molar-refractivity contribution in [2.75, 3.05) is 13.2 Å². The van der Waals surface area contributed by atoms with Gasteiger partial charge < -0.3 is 19.8 Å². The maximum absolute atomic E-state index is 12.3. The van der Waals surface area contributed by atoms with Crippen LogP contribution < -0.4 is 0 Å². The van der Waals surface area contributed by atoms with Gasteiger partial charge in [0.1, 0.15) is 0 Å². The van der Waals surface area contributed by atoms with Crippen LogP contribution in [0.25, 0.3) is 0 Å². The summed E-state index contributed by atoms with van der Waals surface area (Å²) in [6, 6.07) is -0.150. The van der Waals surface area contributed by atoms with Crippen LogP contribution >= 0.6 is 0 Å². The summed E-state index contributed by atoms with van der Waals surface area (Å²) >= 11 is 0. The van der Waals surface area contributed by atoms with Crippen molar-refractivity contribution in [1.82, 2.24) is 4.90 Å². The first-order valence-electron chi connectivity index (χ1n) is 12.2. The van der Waals surface area contributed by atoms with Crippen LogP contribution in [0, 0.1) is 0 Å². The van der Waals surface area contributed by atoms with E-state index in [-0.39, 0.29) is 24.3 Å². The van der Waals surface area contributed by atoms with E-state index in [0.717, 1.165) is 51.4 Å². The third-order valence-electron chi connectivity index (χ3n) is 6.19. The van der Waals surface area contributed by atoms with Crippen LogP contribution in [-0.4, -0.2) is 57.9 Å². The number of rotatable bonds is 17. The van der Waals surface area contributed by atoms with E-state index in [1.165, 1.54) is 19.3 Å². The van der Waals surface area contributed by atoms with Crippen molar-refractivity contribution in [3.63, 3.8) is 0 Å². The first-order chi connectivity index (χ1) is 14.3. The minimum absolute atomic E-state index is 0.00597. The maximum atomic E-state index is 12.3. The molecule has 176 valence electrons. The van der Waals surface area contributed by atoms with Gasteiger partial charge in [0.15, 0.2) is 0 Å². The van der Waals surface area contributed by atoms with Crippen LogP contribution in [0.1, 0.15) is 111 Å². The summed E-state index contributed by atoms with van der Waals surface area (Å²) in [5.41, 5.74) is -0.766. The Kier molecular flexibility index (Phi) is 13.3. The molecule has 2 N–H and O–H groups in total. The van der Waals surface area contributed by atoms with Gasteiger partial charge in [-0.2, -0.15) is 0 Å². The molecule has 0 radical (unpaired) electrons. The molecule has 0 aromatic carbocycles. The van der Waals surface area contributed by atoms with Crippen molar-refractivity contribution in [2.24, 2.45) is 0 Å². The lowest BCUT2D eigenvalue weighted by Gasteiger charge is -2.30. The van der Waals surface area contributed by atoms with E-state index in [2.05, 4.69) is 6.92 Å². The standard InChI is InChI=1S/C24H45NO5/c1-4-6-7-10-13-16-24(3,29)17-18-25-20(21(26)19-22(25)27)14-11-8-9-12-15-23(28)30-5-2/h20-21,26,29H,4-19H2,1-3H3. The lowest BCUT2D eigenvalue weighted by molar-refractivity contribution is -0.143. The molecule has 30 heavy (non-hydrogen) atoms. The number of nitrogens with zero attached hydrogens (tertiary/aromatic N) is 1. The van der Waals surface area contributed by atoms with Crippen LogP contribution in [0.4, 0.5) is 0 Å². The van der Waals surface area contributed by atoms with E-state index in [4.69, 9.17) is 4.74 Å². The Labute approximate surface area is 183 Å². The molecule has 0 bridgehead atoms. The topological polar surface area (TPSA) is 87.1 Å². The largest absolute Gasteiger partial charge is 0.466 e. The number of amides is 1. The number of hydrogen-bond acceptors (Lipinski definition) is 5. The molecule has 0 saturated carbocycles. The van der Waals surface area contributed by atoms with Crippen LogP contribution in [-0.2, 0) is 14.3 Å². The second kappa shape index (κ2) is 14.8. The SMILES string of the molecule is CCCCCCCC(C)(O)CCN1C(=O)CC(O)C1CCCCCCC(=O)OCC. The minimum Gasteiger partial charge on any atom is -0.466 e. The number of aliphatic hydroxyl groups excluding tert-OH is 1. The van der Waals surface area contributed by atoms with Gasteiger partial charge in [0, 0.05) is 13.0 Å². The van der Waals surface area contributed by atoms with Gasteiger partial charge in [-0.15, -0.1) is 0 Å². The molecule has 1 heterocycles. The molecule has 1 saturated heterocycles. The lowest BCUT2D eigenvalue weighted by atomic mass is 9.93. The second-order valence-electron chi connectivity index (χ2n) is 9.10. The summed E-state index contributed by atoms with van der Waals surface area (Å²) in [5.74, 6) is -0.147. The first kappa shape index (κ1) is 26.9. The first-order valence-corrected chi connectivity index (χ1v) is 12.2. The summed E-state index contributed by atoms with van der Waals surface area (Å²) in [4.78, 5) is 25.5. The van der Waals surface area contributed by atoms with Crippen molar-refractivity contribution in [2.45, 2.75) is 128 Å². The number of aliphatic hydroxyl groups is 2. The number of carbonyl (C=O) groups excluding carboxylic acids is 2. The summed E-state index contributed by atoms with van der Waals surface area (Å²) in [6.07, 6.45) is 11.6. The van der Waals surface area contributed by atoms with Gasteiger partial charge >= 0.3 is 5.97 Å². The molecule has 0 spiro atoms. The third kappa shape index (κ3) is 10.8. The van der Waals surface area contributed by atoms with Crippen molar-refractivity contribution >= 4 is 11.9 Å². The number of carbonyl (C=O) groups is 2. The molecular formula is C24H45NO5. The fourth-order valence-corrected chi connectivity index (χ4v) is 4.27. The fourth-order valence-electron chi connectivity index (χ4n) is 4.27. The molecule has 1 aliphatic heterocycles. The number of unbranched alkanes of at least 4 members (excludes halogenated alkanes) is 7. The minimum atomic E-state index is -0.766. The van der Waals surface area contributed by atoms with E-state index in [1.54, 1.807) is 4.90 Å². The summed E-state index contributed by atoms with van der Waals surface area (Å²) in [6.45, 7) is 6.80. The molecule has 6 heteroatoms. The van der Waals surface area contributed by atoms with Gasteiger partial charge in [0.25, 0.3) is 0 Å². The average molecular weight is 428 g/mol. The van der Waals surface area contributed by atoms with Crippen LogP contribution in [0.15, 0.2) is 0 Å². The van der Waals surface area contributed by atoms with Crippen molar-refractivity contribution in [3.05, 3.63) is 0 Å². The highest BCUT2D eigenvalue weighted by Crippen LogP contribution is 2.27. The van der Waals surface area contributed by atoms with E-state index < -0.39 is 11.7 Å². The second-order valence-corrected chi connectivity index (χ2v) is 9.10. The summed E-state index contributed by atoms with van der Waals surface area (Å²) in [7, 11) is 0. The van der Waals surface area contributed by atoms with Gasteiger partial charge in [-0.3, -0.25) is 9.59 Å². The average Bonchev–Trinajstić information content (AvgIpc) is 2.95. The Morgan fingerprint density at radius 3 is 2.43 bits per heavy atom. The van der Waals surface area contributed by atoms with E-state index in [9.17, 15) is 19.8 Å². The molecule has 1 aliphatic rings. The molecule has 0 aromatic rings. The molecule has 0 aromatic heterocycles. The Bertz CT molecular complexity index is 494. The molecule has 1 rings (SSSR count). The number of likely N-dealkylation sites (tertiary alicyclic amines) is 1. The van der Waals surface area contributed by atoms with Crippen LogP contribution in [0.3, 0.4) is 0 Å².